The number of aromatic nitrogens is 5. The third-order valence-corrected chi connectivity index (χ3v) is 4.66. The molecule has 26 heavy (non-hydrogen) atoms. The Bertz CT molecular complexity index is 937. The second-order valence-corrected chi connectivity index (χ2v) is 6.60. The van der Waals surface area contributed by atoms with E-state index >= 15 is 0 Å². The van der Waals surface area contributed by atoms with Crippen molar-refractivity contribution in [2.45, 2.75) is 25.8 Å². The van der Waals surface area contributed by atoms with Crippen LogP contribution in [0.25, 0.3) is 11.0 Å². The van der Waals surface area contributed by atoms with Gasteiger partial charge in [0.05, 0.1) is 17.1 Å². The van der Waals surface area contributed by atoms with Crippen LogP contribution in [0.1, 0.15) is 29.0 Å². The molecule has 1 amide bonds. The molecule has 4 rings (SSSR count). The largest absolute Gasteiger partial charge is 0.354 e. The third-order valence-electron chi connectivity index (χ3n) is 4.66. The molecule has 8 heteroatoms. The van der Waals surface area contributed by atoms with Crippen molar-refractivity contribution in [3.05, 3.63) is 42.1 Å². The van der Waals surface area contributed by atoms with Gasteiger partial charge < -0.3 is 10.2 Å². The molecule has 0 aromatic carbocycles. The Kier molecular flexibility index (Phi) is 4.24. The molecule has 0 radical (unpaired) electrons. The van der Waals surface area contributed by atoms with Crippen LogP contribution in [-0.2, 0) is 7.05 Å². The number of anilines is 1. The normalized spacial score (nSPS) is 17.5. The van der Waals surface area contributed by atoms with E-state index in [1.807, 2.05) is 20.2 Å². The number of carbonyl (C=O) groups excluding carboxylic acids is 1. The lowest BCUT2D eigenvalue weighted by atomic mass is 10.0. The fourth-order valence-electron chi connectivity index (χ4n) is 3.41. The maximum absolute atomic E-state index is 12.4. The third kappa shape index (κ3) is 3.10. The zero-order valence-electron chi connectivity index (χ0n) is 14.9. The van der Waals surface area contributed by atoms with Crippen molar-refractivity contribution in [3.8, 4) is 0 Å². The van der Waals surface area contributed by atoms with E-state index < -0.39 is 0 Å². The average molecular weight is 351 g/mol. The number of piperidine rings is 1. The summed E-state index contributed by atoms with van der Waals surface area (Å²) in [6, 6.07) is 3.61. The van der Waals surface area contributed by atoms with Crippen LogP contribution in [0.5, 0.6) is 0 Å². The minimum atomic E-state index is -0.0876. The number of hydrogen-bond acceptors (Lipinski definition) is 6. The van der Waals surface area contributed by atoms with Crippen LogP contribution in [0.4, 0.5) is 5.82 Å². The van der Waals surface area contributed by atoms with Crippen LogP contribution in [0.3, 0.4) is 0 Å². The van der Waals surface area contributed by atoms with Gasteiger partial charge in [0, 0.05) is 38.6 Å². The Balaban J connectivity index is 1.55. The van der Waals surface area contributed by atoms with Crippen molar-refractivity contribution in [1.29, 1.82) is 0 Å². The first kappa shape index (κ1) is 16.4. The van der Waals surface area contributed by atoms with Gasteiger partial charge in [-0.25, -0.2) is 9.97 Å². The molecule has 1 unspecified atom stereocenters. The van der Waals surface area contributed by atoms with Gasteiger partial charge in [-0.05, 0) is 31.9 Å². The molecular formula is C18H21N7O. The zero-order valence-corrected chi connectivity index (χ0v) is 14.9. The Labute approximate surface area is 151 Å². The van der Waals surface area contributed by atoms with Crippen LogP contribution < -0.4 is 10.2 Å². The number of amides is 1. The molecule has 1 saturated heterocycles. The van der Waals surface area contributed by atoms with Gasteiger partial charge in [0.1, 0.15) is 11.6 Å². The fraction of sp³-hybridized carbons (Fsp3) is 0.389. The van der Waals surface area contributed by atoms with Crippen LogP contribution >= 0.6 is 0 Å². The molecule has 1 aliphatic heterocycles. The lowest BCUT2D eigenvalue weighted by Gasteiger charge is -2.34. The van der Waals surface area contributed by atoms with Gasteiger partial charge in [-0.3, -0.25) is 14.5 Å². The number of nitrogens with one attached hydrogen (secondary N) is 1. The first-order valence-corrected chi connectivity index (χ1v) is 8.74. The van der Waals surface area contributed by atoms with Crippen LogP contribution in [0.2, 0.25) is 0 Å². The summed E-state index contributed by atoms with van der Waals surface area (Å²) in [5, 5.41) is 8.37. The standard InChI is InChI=1S/C18H21N7O/c1-12-21-16-15(10-20-24(16)2)17(22-12)25-8-4-6-14(11-25)23-18(26)13-5-3-7-19-9-13/h3,5,7,9-10,14H,4,6,8,11H2,1-2H3,(H,23,26). The maximum atomic E-state index is 12.4. The zero-order chi connectivity index (χ0) is 18.1. The van der Waals surface area contributed by atoms with E-state index in [0.717, 1.165) is 42.1 Å². The van der Waals surface area contributed by atoms with E-state index in [-0.39, 0.29) is 11.9 Å². The van der Waals surface area contributed by atoms with Crippen molar-refractivity contribution < 1.29 is 4.79 Å². The number of carbonyl (C=O) groups is 1. The van der Waals surface area contributed by atoms with Gasteiger partial charge in [-0.15, -0.1) is 0 Å². The number of hydrogen-bond donors (Lipinski definition) is 1. The van der Waals surface area contributed by atoms with Crippen molar-refractivity contribution >= 4 is 22.8 Å². The summed E-state index contributed by atoms with van der Waals surface area (Å²) in [7, 11) is 1.88. The highest BCUT2D eigenvalue weighted by Gasteiger charge is 2.25. The van der Waals surface area contributed by atoms with Crippen LogP contribution in [0.15, 0.2) is 30.7 Å². The number of pyridine rings is 1. The molecule has 1 N–H and O–H groups in total. The number of aryl methyl sites for hydroxylation is 2. The molecule has 0 bridgehead atoms. The molecule has 8 nitrogen and oxygen atoms in total. The fourth-order valence-corrected chi connectivity index (χ4v) is 3.41. The summed E-state index contributed by atoms with van der Waals surface area (Å²) in [5.74, 6) is 1.52. The molecule has 3 aromatic heterocycles. The summed E-state index contributed by atoms with van der Waals surface area (Å²) in [4.78, 5) is 27.8. The number of fused-ring (bicyclic) bond motifs is 1. The molecular weight excluding hydrogens is 330 g/mol. The van der Waals surface area contributed by atoms with Crippen molar-refractivity contribution in [2.24, 2.45) is 7.05 Å². The molecule has 3 aromatic rings. The quantitative estimate of drug-likeness (QED) is 0.769. The summed E-state index contributed by atoms with van der Waals surface area (Å²) in [6.45, 7) is 3.51. The van der Waals surface area contributed by atoms with Gasteiger partial charge in [0.2, 0.25) is 0 Å². The second-order valence-electron chi connectivity index (χ2n) is 6.60. The van der Waals surface area contributed by atoms with Crippen LogP contribution in [-0.4, -0.2) is 49.8 Å². The number of nitrogens with zero attached hydrogens (tertiary/aromatic N) is 6. The lowest BCUT2D eigenvalue weighted by Crippen LogP contribution is -2.48. The highest BCUT2D eigenvalue weighted by Crippen LogP contribution is 2.26. The van der Waals surface area contributed by atoms with Crippen molar-refractivity contribution in [3.63, 3.8) is 0 Å². The number of rotatable bonds is 3. The lowest BCUT2D eigenvalue weighted by molar-refractivity contribution is 0.0932. The Morgan fingerprint density at radius 1 is 1.31 bits per heavy atom. The minimum absolute atomic E-state index is 0.0680. The topological polar surface area (TPSA) is 88.8 Å². The molecule has 134 valence electrons. The van der Waals surface area contributed by atoms with Crippen molar-refractivity contribution in [2.75, 3.05) is 18.0 Å². The molecule has 1 atom stereocenters. The molecule has 1 fully saturated rings. The van der Waals surface area contributed by atoms with E-state index in [9.17, 15) is 4.79 Å². The highest BCUT2D eigenvalue weighted by molar-refractivity contribution is 5.94. The SMILES string of the molecule is Cc1nc(N2CCCC(NC(=O)c3cccnc3)C2)c2cnn(C)c2n1. The molecule has 0 aliphatic carbocycles. The highest BCUT2D eigenvalue weighted by atomic mass is 16.1. The van der Waals surface area contributed by atoms with Crippen molar-refractivity contribution in [1.82, 2.24) is 30.0 Å². The Morgan fingerprint density at radius 2 is 2.19 bits per heavy atom. The monoisotopic (exact) mass is 351 g/mol. The van der Waals surface area contributed by atoms with E-state index in [4.69, 9.17) is 0 Å². The molecule has 4 heterocycles. The van der Waals surface area contributed by atoms with E-state index in [2.05, 4.69) is 30.3 Å². The van der Waals surface area contributed by atoms with Crippen LogP contribution in [0, 0.1) is 6.92 Å². The summed E-state index contributed by atoms with van der Waals surface area (Å²) >= 11 is 0. The summed E-state index contributed by atoms with van der Waals surface area (Å²) < 4.78 is 1.76. The maximum Gasteiger partial charge on any atom is 0.253 e. The van der Waals surface area contributed by atoms with E-state index in [1.165, 1.54) is 0 Å². The first-order chi connectivity index (χ1) is 12.6. The van der Waals surface area contributed by atoms with E-state index in [1.54, 1.807) is 29.2 Å². The average Bonchev–Trinajstić information content (AvgIpc) is 3.03. The summed E-state index contributed by atoms with van der Waals surface area (Å²) in [5.41, 5.74) is 1.41. The van der Waals surface area contributed by atoms with Gasteiger partial charge in [0.25, 0.3) is 5.91 Å². The second kappa shape index (κ2) is 6.70. The predicted molar refractivity (Wildman–Crippen MR) is 98.0 cm³/mol. The van der Waals surface area contributed by atoms with Gasteiger partial charge in [-0.1, -0.05) is 0 Å². The minimum Gasteiger partial charge on any atom is -0.354 e. The predicted octanol–water partition coefficient (Wildman–Crippen LogP) is 1.47. The van der Waals surface area contributed by atoms with Gasteiger partial charge >= 0.3 is 0 Å². The molecule has 0 spiro atoms. The Hall–Kier alpha value is -3.03. The van der Waals surface area contributed by atoms with Gasteiger partial charge in [0.15, 0.2) is 5.65 Å². The molecule has 1 aliphatic rings. The van der Waals surface area contributed by atoms with E-state index in [0.29, 0.717) is 12.1 Å². The van der Waals surface area contributed by atoms with Gasteiger partial charge in [-0.2, -0.15) is 5.10 Å². The Morgan fingerprint density at radius 3 is 3.00 bits per heavy atom. The molecule has 0 saturated carbocycles. The summed E-state index contributed by atoms with van der Waals surface area (Å²) in [6.07, 6.45) is 6.99. The first-order valence-electron chi connectivity index (χ1n) is 8.74. The smallest absolute Gasteiger partial charge is 0.253 e.